The van der Waals surface area contributed by atoms with Crippen LogP contribution in [0, 0.1) is 0 Å². The Hall–Kier alpha value is -3.48. The maximum Gasteiger partial charge on any atom is 0.311 e. The summed E-state index contributed by atoms with van der Waals surface area (Å²) in [5, 5.41) is 3.52. The highest BCUT2D eigenvalue weighted by molar-refractivity contribution is 5.96. The predicted octanol–water partition coefficient (Wildman–Crippen LogP) is 3.95. The molecule has 1 N–H and O–H groups in total. The summed E-state index contributed by atoms with van der Waals surface area (Å²) in [5.41, 5.74) is 1.82. The van der Waals surface area contributed by atoms with E-state index >= 15 is 0 Å². The van der Waals surface area contributed by atoms with Gasteiger partial charge in [0.25, 0.3) is 5.91 Å². The second kappa shape index (κ2) is 9.14. The van der Waals surface area contributed by atoms with E-state index in [0.717, 1.165) is 5.39 Å². The maximum absolute atomic E-state index is 12.4. The number of hydrogen-bond donors (Lipinski definition) is 1. The lowest BCUT2D eigenvalue weighted by Crippen LogP contribution is -2.30. The monoisotopic (exact) mass is 397 g/mol. The van der Waals surface area contributed by atoms with E-state index in [4.69, 9.17) is 18.6 Å². The summed E-state index contributed by atoms with van der Waals surface area (Å²) in [7, 11) is 1.57. The minimum absolute atomic E-state index is 0.00746. The van der Waals surface area contributed by atoms with Gasteiger partial charge in [-0.05, 0) is 38.1 Å². The Balaban J connectivity index is 1.61. The first-order valence-electron chi connectivity index (χ1n) is 9.28. The standard InChI is InChI=1S/C22H23NO6/c1-4-27-19-8-6-5-7-18(19)23-22(25)14(2)29-21(24)11-15-13-28-20-12-16(26-3)9-10-17(15)20/h5-10,12-14H,4,11H2,1-3H3,(H,23,25). The van der Waals surface area contributed by atoms with Gasteiger partial charge in [-0.25, -0.2) is 0 Å². The molecule has 0 spiro atoms. The number of fused-ring (bicyclic) bond motifs is 1. The average molecular weight is 397 g/mol. The van der Waals surface area contributed by atoms with Crippen molar-refractivity contribution in [3.05, 3.63) is 54.3 Å². The molecule has 3 aromatic rings. The molecule has 0 saturated heterocycles. The molecule has 3 rings (SSSR count). The minimum Gasteiger partial charge on any atom is -0.497 e. The van der Waals surface area contributed by atoms with Gasteiger partial charge in [0.1, 0.15) is 17.1 Å². The summed E-state index contributed by atoms with van der Waals surface area (Å²) in [5.74, 6) is 0.261. The summed E-state index contributed by atoms with van der Waals surface area (Å²) >= 11 is 0. The van der Waals surface area contributed by atoms with E-state index < -0.39 is 18.0 Å². The number of esters is 1. The van der Waals surface area contributed by atoms with Crippen LogP contribution in [0.1, 0.15) is 19.4 Å². The number of carbonyl (C=O) groups excluding carboxylic acids is 2. The molecular formula is C22H23NO6. The van der Waals surface area contributed by atoms with Crippen LogP contribution in [0.4, 0.5) is 5.69 Å². The van der Waals surface area contributed by atoms with Crippen molar-refractivity contribution < 1.29 is 28.2 Å². The SMILES string of the molecule is CCOc1ccccc1NC(=O)C(C)OC(=O)Cc1coc2cc(OC)ccc12. The van der Waals surface area contributed by atoms with Crippen LogP contribution in [0.3, 0.4) is 0 Å². The number of hydrogen-bond acceptors (Lipinski definition) is 6. The van der Waals surface area contributed by atoms with Gasteiger partial charge in [-0.1, -0.05) is 12.1 Å². The van der Waals surface area contributed by atoms with Crippen LogP contribution in [0.25, 0.3) is 11.0 Å². The van der Waals surface area contributed by atoms with Gasteiger partial charge < -0.3 is 23.9 Å². The topological polar surface area (TPSA) is 87.0 Å². The van der Waals surface area contributed by atoms with Crippen molar-refractivity contribution in [2.45, 2.75) is 26.4 Å². The molecule has 152 valence electrons. The van der Waals surface area contributed by atoms with E-state index in [1.165, 1.54) is 13.2 Å². The Morgan fingerprint density at radius 3 is 2.72 bits per heavy atom. The number of methoxy groups -OCH3 is 1. The molecule has 0 saturated carbocycles. The smallest absolute Gasteiger partial charge is 0.311 e. The zero-order chi connectivity index (χ0) is 20.8. The molecule has 1 amide bonds. The summed E-state index contributed by atoms with van der Waals surface area (Å²) in [6.45, 7) is 3.86. The number of ether oxygens (including phenoxy) is 3. The fourth-order valence-electron chi connectivity index (χ4n) is 2.86. The van der Waals surface area contributed by atoms with Gasteiger partial charge >= 0.3 is 5.97 Å². The Morgan fingerprint density at radius 1 is 1.17 bits per heavy atom. The third kappa shape index (κ3) is 4.87. The fraction of sp³-hybridized carbons (Fsp3) is 0.273. The zero-order valence-electron chi connectivity index (χ0n) is 16.6. The number of para-hydroxylation sites is 2. The number of rotatable bonds is 8. The highest BCUT2D eigenvalue weighted by atomic mass is 16.5. The number of nitrogens with one attached hydrogen (secondary N) is 1. The molecule has 0 radical (unpaired) electrons. The molecule has 1 unspecified atom stereocenters. The molecule has 1 aromatic heterocycles. The summed E-state index contributed by atoms with van der Waals surface area (Å²) in [6.07, 6.45) is 0.538. The lowest BCUT2D eigenvalue weighted by molar-refractivity contribution is -0.152. The van der Waals surface area contributed by atoms with E-state index in [1.54, 1.807) is 37.4 Å². The van der Waals surface area contributed by atoms with Crippen LogP contribution in [0.5, 0.6) is 11.5 Å². The Morgan fingerprint density at radius 2 is 1.97 bits per heavy atom. The van der Waals surface area contributed by atoms with Crippen LogP contribution in [-0.4, -0.2) is 31.7 Å². The molecule has 2 aromatic carbocycles. The maximum atomic E-state index is 12.4. The lowest BCUT2D eigenvalue weighted by Gasteiger charge is -2.15. The quantitative estimate of drug-likeness (QED) is 0.579. The number of amides is 1. The average Bonchev–Trinajstić information content (AvgIpc) is 3.11. The largest absolute Gasteiger partial charge is 0.497 e. The summed E-state index contributed by atoms with van der Waals surface area (Å²) in [6, 6.07) is 12.4. The number of anilines is 1. The molecular weight excluding hydrogens is 374 g/mol. The third-order valence-corrected chi connectivity index (χ3v) is 4.32. The van der Waals surface area contributed by atoms with Crippen LogP contribution >= 0.6 is 0 Å². The molecule has 0 bridgehead atoms. The highest BCUT2D eigenvalue weighted by Gasteiger charge is 2.20. The first-order valence-corrected chi connectivity index (χ1v) is 9.28. The first kappa shape index (κ1) is 20.3. The molecule has 0 aliphatic carbocycles. The molecule has 0 aliphatic rings. The van der Waals surface area contributed by atoms with Gasteiger partial charge in [-0.15, -0.1) is 0 Å². The lowest BCUT2D eigenvalue weighted by atomic mass is 10.1. The second-order valence-corrected chi connectivity index (χ2v) is 6.35. The van der Waals surface area contributed by atoms with Crippen molar-refractivity contribution in [3.63, 3.8) is 0 Å². The van der Waals surface area contributed by atoms with Crippen molar-refractivity contribution >= 4 is 28.5 Å². The fourth-order valence-corrected chi connectivity index (χ4v) is 2.86. The number of benzene rings is 2. The van der Waals surface area contributed by atoms with Crippen molar-refractivity contribution in [1.29, 1.82) is 0 Å². The minimum atomic E-state index is -0.963. The van der Waals surface area contributed by atoms with Crippen molar-refractivity contribution in [3.8, 4) is 11.5 Å². The van der Waals surface area contributed by atoms with E-state index in [-0.39, 0.29) is 6.42 Å². The van der Waals surface area contributed by atoms with Crippen molar-refractivity contribution in [2.75, 3.05) is 19.0 Å². The molecule has 7 heteroatoms. The molecule has 7 nitrogen and oxygen atoms in total. The molecule has 1 atom stereocenters. The Labute approximate surface area is 168 Å². The van der Waals surface area contributed by atoms with Gasteiger partial charge in [-0.3, -0.25) is 9.59 Å². The number of furan rings is 1. The van der Waals surface area contributed by atoms with Gasteiger partial charge in [-0.2, -0.15) is 0 Å². The van der Waals surface area contributed by atoms with E-state index in [9.17, 15) is 9.59 Å². The van der Waals surface area contributed by atoms with Gasteiger partial charge in [0.2, 0.25) is 0 Å². The van der Waals surface area contributed by atoms with E-state index in [2.05, 4.69) is 5.32 Å². The Kier molecular flexibility index (Phi) is 6.39. The predicted molar refractivity (Wildman–Crippen MR) is 108 cm³/mol. The first-order chi connectivity index (χ1) is 14.0. The molecule has 1 heterocycles. The van der Waals surface area contributed by atoms with Gasteiger partial charge in [0.15, 0.2) is 6.10 Å². The van der Waals surface area contributed by atoms with Crippen LogP contribution in [0.2, 0.25) is 0 Å². The Bertz CT molecular complexity index is 1010. The third-order valence-electron chi connectivity index (χ3n) is 4.32. The summed E-state index contributed by atoms with van der Waals surface area (Å²) < 4.78 is 21.4. The summed E-state index contributed by atoms with van der Waals surface area (Å²) in [4.78, 5) is 24.7. The van der Waals surface area contributed by atoms with E-state index in [1.807, 2.05) is 19.1 Å². The molecule has 0 fully saturated rings. The van der Waals surface area contributed by atoms with Gasteiger partial charge in [0, 0.05) is 17.0 Å². The molecule has 29 heavy (non-hydrogen) atoms. The highest BCUT2D eigenvalue weighted by Crippen LogP contribution is 2.26. The number of carbonyl (C=O) groups is 2. The zero-order valence-corrected chi connectivity index (χ0v) is 16.6. The second-order valence-electron chi connectivity index (χ2n) is 6.35. The van der Waals surface area contributed by atoms with Crippen molar-refractivity contribution in [1.82, 2.24) is 0 Å². The molecule has 0 aliphatic heterocycles. The van der Waals surface area contributed by atoms with Gasteiger partial charge in [0.05, 0.1) is 32.1 Å². The van der Waals surface area contributed by atoms with Crippen LogP contribution < -0.4 is 14.8 Å². The van der Waals surface area contributed by atoms with Crippen LogP contribution in [0.15, 0.2) is 53.1 Å². The van der Waals surface area contributed by atoms with Crippen LogP contribution in [-0.2, 0) is 20.7 Å². The normalized spacial score (nSPS) is 11.7. The van der Waals surface area contributed by atoms with Crippen molar-refractivity contribution in [2.24, 2.45) is 0 Å². The van der Waals surface area contributed by atoms with E-state index in [0.29, 0.717) is 34.9 Å².